The van der Waals surface area contributed by atoms with Crippen molar-refractivity contribution in [3.8, 4) is 0 Å². The molecule has 1 heterocycles. The molecule has 1 atom stereocenters. The van der Waals surface area contributed by atoms with Crippen LogP contribution in [0.15, 0.2) is 48.5 Å². The normalized spacial score (nSPS) is 18.4. The average Bonchev–Trinajstić information content (AvgIpc) is 2.58. The summed E-state index contributed by atoms with van der Waals surface area (Å²) in [6, 6.07) is 15.5. The van der Waals surface area contributed by atoms with Gasteiger partial charge in [-0.3, -0.25) is 4.79 Å². The van der Waals surface area contributed by atoms with Crippen LogP contribution in [0.25, 0.3) is 0 Å². The van der Waals surface area contributed by atoms with Gasteiger partial charge in [-0.25, -0.2) is 0 Å². The Labute approximate surface area is 117 Å². The maximum atomic E-state index is 12.3. The lowest BCUT2D eigenvalue weighted by atomic mass is 9.93. The molecule has 0 aromatic heterocycles. The van der Waals surface area contributed by atoms with Crippen LogP contribution in [-0.4, -0.2) is 5.91 Å². The van der Waals surface area contributed by atoms with Gasteiger partial charge in [-0.15, -0.1) is 0 Å². The van der Waals surface area contributed by atoms with Gasteiger partial charge in [-0.05, 0) is 42.2 Å². The first-order valence-electron chi connectivity index (χ1n) is 6.38. The standard InChI is InChI=1S/C16H14ClNO/c17-13-7-9-15-12(10-13)6-8-14(16(19)18-15)11-4-2-1-3-5-11/h1-5,7,9-10,14H,6,8H2,(H,18,19)/t14-/m1/s1. The zero-order valence-electron chi connectivity index (χ0n) is 10.4. The molecule has 1 amide bonds. The number of hydrogen-bond donors (Lipinski definition) is 1. The molecule has 0 aliphatic carbocycles. The number of aryl methyl sites for hydroxylation is 1. The predicted octanol–water partition coefficient (Wildman–Crippen LogP) is 4.01. The zero-order valence-corrected chi connectivity index (χ0v) is 11.2. The first-order chi connectivity index (χ1) is 9.24. The van der Waals surface area contributed by atoms with Crippen LogP contribution >= 0.6 is 11.6 Å². The third kappa shape index (κ3) is 2.49. The number of halogens is 1. The summed E-state index contributed by atoms with van der Waals surface area (Å²) in [5.74, 6) is -0.0281. The Balaban J connectivity index is 1.92. The highest BCUT2D eigenvalue weighted by Gasteiger charge is 2.24. The number of fused-ring (bicyclic) bond motifs is 1. The van der Waals surface area contributed by atoms with E-state index in [1.807, 2.05) is 48.5 Å². The van der Waals surface area contributed by atoms with Crippen LogP contribution in [0.2, 0.25) is 5.02 Å². The second-order valence-corrected chi connectivity index (χ2v) is 5.23. The van der Waals surface area contributed by atoms with E-state index < -0.39 is 0 Å². The minimum atomic E-state index is -0.0904. The van der Waals surface area contributed by atoms with Gasteiger partial charge >= 0.3 is 0 Å². The molecule has 1 aliphatic rings. The molecule has 3 heteroatoms. The molecule has 3 rings (SSSR count). The van der Waals surface area contributed by atoms with Crippen molar-refractivity contribution in [1.82, 2.24) is 0 Å². The van der Waals surface area contributed by atoms with E-state index in [1.165, 1.54) is 0 Å². The van der Waals surface area contributed by atoms with Crippen molar-refractivity contribution in [3.63, 3.8) is 0 Å². The number of carbonyl (C=O) groups excluding carboxylic acids is 1. The van der Waals surface area contributed by atoms with E-state index in [-0.39, 0.29) is 11.8 Å². The average molecular weight is 272 g/mol. The third-order valence-corrected chi connectivity index (χ3v) is 3.78. The van der Waals surface area contributed by atoms with Crippen LogP contribution < -0.4 is 5.32 Å². The summed E-state index contributed by atoms with van der Waals surface area (Å²) >= 11 is 6.01. The molecule has 0 unspecified atom stereocenters. The van der Waals surface area contributed by atoms with E-state index in [9.17, 15) is 4.79 Å². The maximum Gasteiger partial charge on any atom is 0.231 e. The fourth-order valence-corrected chi connectivity index (χ4v) is 2.74. The van der Waals surface area contributed by atoms with Gasteiger partial charge in [0, 0.05) is 10.7 Å². The first kappa shape index (κ1) is 12.2. The Bertz CT molecular complexity index is 609. The summed E-state index contributed by atoms with van der Waals surface area (Å²) in [6.45, 7) is 0. The topological polar surface area (TPSA) is 29.1 Å². The molecule has 0 saturated heterocycles. The number of anilines is 1. The van der Waals surface area contributed by atoms with Gasteiger partial charge in [0.05, 0.1) is 5.92 Å². The Morgan fingerprint density at radius 2 is 1.89 bits per heavy atom. The van der Waals surface area contributed by atoms with Gasteiger partial charge in [-0.2, -0.15) is 0 Å². The highest BCUT2D eigenvalue weighted by molar-refractivity contribution is 6.30. The van der Waals surface area contributed by atoms with E-state index in [0.29, 0.717) is 5.02 Å². The van der Waals surface area contributed by atoms with Crippen molar-refractivity contribution in [1.29, 1.82) is 0 Å². The molecular weight excluding hydrogens is 258 g/mol. The van der Waals surface area contributed by atoms with Crippen molar-refractivity contribution in [2.75, 3.05) is 5.32 Å². The van der Waals surface area contributed by atoms with Gasteiger partial charge in [-0.1, -0.05) is 41.9 Å². The fourth-order valence-electron chi connectivity index (χ4n) is 2.55. The number of rotatable bonds is 1. The monoisotopic (exact) mass is 271 g/mol. The van der Waals surface area contributed by atoms with Gasteiger partial charge in [0.25, 0.3) is 0 Å². The zero-order chi connectivity index (χ0) is 13.2. The van der Waals surface area contributed by atoms with E-state index in [4.69, 9.17) is 11.6 Å². The number of benzene rings is 2. The molecule has 1 N–H and O–H groups in total. The summed E-state index contributed by atoms with van der Waals surface area (Å²) in [4.78, 5) is 12.3. The fraction of sp³-hybridized carbons (Fsp3) is 0.188. The molecule has 2 nitrogen and oxygen atoms in total. The van der Waals surface area contributed by atoms with Crippen molar-refractivity contribution < 1.29 is 4.79 Å². The second-order valence-electron chi connectivity index (χ2n) is 4.79. The van der Waals surface area contributed by atoms with Crippen molar-refractivity contribution in [3.05, 3.63) is 64.7 Å². The Morgan fingerprint density at radius 3 is 2.68 bits per heavy atom. The summed E-state index contributed by atoms with van der Waals surface area (Å²) in [5, 5.41) is 3.71. The van der Waals surface area contributed by atoms with Crippen LogP contribution in [0.4, 0.5) is 5.69 Å². The number of carbonyl (C=O) groups is 1. The Kier molecular flexibility index (Phi) is 3.26. The summed E-state index contributed by atoms with van der Waals surface area (Å²) < 4.78 is 0. The molecule has 0 spiro atoms. The molecule has 2 aromatic rings. The lowest BCUT2D eigenvalue weighted by Crippen LogP contribution is -2.19. The van der Waals surface area contributed by atoms with Crippen molar-refractivity contribution >= 4 is 23.2 Å². The lowest BCUT2D eigenvalue weighted by Gasteiger charge is -2.13. The van der Waals surface area contributed by atoms with Gasteiger partial charge in [0.1, 0.15) is 0 Å². The van der Waals surface area contributed by atoms with Crippen LogP contribution in [0, 0.1) is 0 Å². The van der Waals surface area contributed by atoms with E-state index in [1.54, 1.807) is 0 Å². The van der Waals surface area contributed by atoms with Crippen molar-refractivity contribution in [2.24, 2.45) is 0 Å². The van der Waals surface area contributed by atoms with Gasteiger partial charge < -0.3 is 5.32 Å². The molecule has 0 fully saturated rings. The predicted molar refractivity (Wildman–Crippen MR) is 77.6 cm³/mol. The van der Waals surface area contributed by atoms with Gasteiger partial charge in [0.15, 0.2) is 0 Å². The van der Waals surface area contributed by atoms with E-state index >= 15 is 0 Å². The Hall–Kier alpha value is -1.80. The highest BCUT2D eigenvalue weighted by atomic mass is 35.5. The minimum Gasteiger partial charge on any atom is -0.325 e. The highest BCUT2D eigenvalue weighted by Crippen LogP contribution is 2.31. The molecule has 0 bridgehead atoms. The maximum absolute atomic E-state index is 12.3. The summed E-state index contributed by atoms with van der Waals surface area (Å²) in [5.41, 5.74) is 3.06. The minimum absolute atomic E-state index is 0.0623. The quantitative estimate of drug-likeness (QED) is 0.834. The number of amides is 1. The third-order valence-electron chi connectivity index (χ3n) is 3.55. The van der Waals surface area contributed by atoms with Crippen LogP contribution in [-0.2, 0) is 11.2 Å². The number of nitrogens with one attached hydrogen (secondary N) is 1. The summed E-state index contributed by atoms with van der Waals surface area (Å²) in [6.07, 6.45) is 1.66. The second kappa shape index (κ2) is 5.06. The molecule has 19 heavy (non-hydrogen) atoms. The molecule has 0 radical (unpaired) electrons. The smallest absolute Gasteiger partial charge is 0.231 e. The van der Waals surface area contributed by atoms with E-state index in [0.717, 1.165) is 29.7 Å². The van der Waals surface area contributed by atoms with Crippen molar-refractivity contribution in [2.45, 2.75) is 18.8 Å². The van der Waals surface area contributed by atoms with Crippen LogP contribution in [0.5, 0.6) is 0 Å². The summed E-state index contributed by atoms with van der Waals surface area (Å²) in [7, 11) is 0. The van der Waals surface area contributed by atoms with E-state index in [2.05, 4.69) is 5.32 Å². The first-order valence-corrected chi connectivity index (χ1v) is 6.76. The van der Waals surface area contributed by atoms with Crippen LogP contribution in [0.3, 0.4) is 0 Å². The number of hydrogen-bond acceptors (Lipinski definition) is 1. The molecule has 96 valence electrons. The van der Waals surface area contributed by atoms with Gasteiger partial charge in [0.2, 0.25) is 5.91 Å². The largest absolute Gasteiger partial charge is 0.325 e. The molecule has 2 aromatic carbocycles. The van der Waals surface area contributed by atoms with Crippen LogP contribution in [0.1, 0.15) is 23.5 Å². The SMILES string of the molecule is O=C1Nc2ccc(Cl)cc2CC[C@@H]1c1ccccc1. The molecule has 0 saturated carbocycles. The lowest BCUT2D eigenvalue weighted by molar-refractivity contribution is -0.117. The Morgan fingerprint density at radius 1 is 1.11 bits per heavy atom. The molecule has 1 aliphatic heterocycles. The molecular formula is C16H14ClNO.